The predicted octanol–water partition coefficient (Wildman–Crippen LogP) is 4.45. The van der Waals surface area contributed by atoms with Crippen molar-refractivity contribution in [3.63, 3.8) is 0 Å². The monoisotopic (exact) mass is 329 g/mol. The molecule has 0 amide bonds. The predicted molar refractivity (Wildman–Crippen MR) is 87.0 cm³/mol. The lowest BCUT2D eigenvalue weighted by molar-refractivity contribution is 0.151. The Hall–Kier alpha value is -0.580. The lowest BCUT2D eigenvalue weighted by Crippen LogP contribution is -2.20. The maximum atomic E-state index is 10.6. The smallest absolute Gasteiger partial charge is 0.0963 e. The van der Waals surface area contributed by atoms with E-state index >= 15 is 0 Å². The molecule has 0 radical (unpaired) electrons. The number of rotatable bonds is 4. The van der Waals surface area contributed by atoms with Gasteiger partial charge in [-0.2, -0.15) is 0 Å². The number of halogens is 2. The first-order chi connectivity index (χ1) is 9.45. The van der Waals surface area contributed by atoms with E-state index in [2.05, 4.69) is 0 Å². The van der Waals surface area contributed by atoms with E-state index in [9.17, 15) is 5.11 Å². The minimum atomic E-state index is -0.699. The summed E-state index contributed by atoms with van der Waals surface area (Å²) >= 11 is 14.0. The third-order valence-electron chi connectivity index (χ3n) is 3.48. The highest BCUT2D eigenvalue weighted by Crippen LogP contribution is 2.40. The molecule has 0 fully saturated rings. The molecule has 1 aromatic heterocycles. The van der Waals surface area contributed by atoms with Crippen molar-refractivity contribution in [2.45, 2.75) is 25.9 Å². The van der Waals surface area contributed by atoms with E-state index in [1.165, 1.54) is 10.4 Å². The number of benzene rings is 1. The van der Waals surface area contributed by atoms with Gasteiger partial charge in [-0.3, -0.25) is 0 Å². The molecule has 2 unspecified atom stereocenters. The van der Waals surface area contributed by atoms with Crippen LogP contribution in [0.4, 0.5) is 0 Å². The van der Waals surface area contributed by atoms with Gasteiger partial charge in [0.15, 0.2) is 0 Å². The number of aryl methyl sites for hydroxylation is 2. The van der Waals surface area contributed by atoms with Gasteiger partial charge in [-0.25, -0.2) is 0 Å². The highest BCUT2D eigenvalue weighted by molar-refractivity contribution is 7.12. The molecule has 108 valence electrons. The molecule has 1 aromatic carbocycles. The van der Waals surface area contributed by atoms with Crippen LogP contribution in [0.25, 0.3) is 0 Å². The van der Waals surface area contributed by atoms with Crippen LogP contribution in [0.3, 0.4) is 0 Å². The van der Waals surface area contributed by atoms with E-state index < -0.39 is 6.10 Å². The number of nitrogens with two attached hydrogens (primary N) is 1. The van der Waals surface area contributed by atoms with Crippen LogP contribution in [0.15, 0.2) is 24.3 Å². The lowest BCUT2D eigenvalue weighted by Gasteiger charge is -2.23. The second-order valence-corrected chi connectivity index (χ2v) is 6.91. The molecule has 0 saturated heterocycles. The van der Waals surface area contributed by atoms with Gasteiger partial charge in [0.1, 0.15) is 0 Å². The first-order valence-corrected chi connectivity index (χ1v) is 7.92. The van der Waals surface area contributed by atoms with Crippen molar-refractivity contribution in [1.29, 1.82) is 0 Å². The van der Waals surface area contributed by atoms with Gasteiger partial charge in [-0.15, -0.1) is 11.3 Å². The van der Waals surface area contributed by atoms with Gasteiger partial charge in [0.25, 0.3) is 0 Å². The quantitative estimate of drug-likeness (QED) is 0.870. The van der Waals surface area contributed by atoms with Gasteiger partial charge >= 0.3 is 0 Å². The SMILES string of the molecule is Cc1cc(C(O)C(CN)c2c(Cl)cccc2Cl)sc1C. The Balaban J connectivity index is 2.42. The summed E-state index contributed by atoms with van der Waals surface area (Å²) in [6.45, 7) is 4.35. The molecule has 0 aliphatic rings. The van der Waals surface area contributed by atoms with Crippen LogP contribution < -0.4 is 5.73 Å². The third-order valence-corrected chi connectivity index (χ3v) is 5.36. The van der Waals surface area contributed by atoms with Crippen molar-refractivity contribution < 1.29 is 5.11 Å². The highest BCUT2D eigenvalue weighted by atomic mass is 35.5. The van der Waals surface area contributed by atoms with Gasteiger partial charge < -0.3 is 10.8 Å². The molecule has 2 nitrogen and oxygen atoms in total. The topological polar surface area (TPSA) is 46.2 Å². The van der Waals surface area contributed by atoms with Crippen LogP contribution in [0, 0.1) is 13.8 Å². The maximum absolute atomic E-state index is 10.6. The van der Waals surface area contributed by atoms with Gasteiger partial charge in [0, 0.05) is 32.3 Å². The fraction of sp³-hybridized carbons (Fsp3) is 0.333. The number of hydrogen-bond donors (Lipinski definition) is 2. The molecule has 2 atom stereocenters. The fourth-order valence-corrected chi connectivity index (χ4v) is 3.99. The Morgan fingerprint density at radius 2 is 1.85 bits per heavy atom. The molecular weight excluding hydrogens is 313 g/mol. The van der Waals surface area contributed by atoms with Crippen LogP contribution >= 0.6 is 34.5 Å². The average molecular weight is 330 g/mol. The van der Waals surface area contributed by atoms with Crippen molar-refractivity contribution in [2.24, 2.45) is 5.73 Å². The molecule has 20 heavy (non-hydrogen) atoms. The van der Waals surface area contributed by atoms with Gasteiger partial charge in [-0.1, -0.05) is 29.3 Å². The largest absolute Gasteiger partial charge is 0.387 e. The van der Waals surface area contributed by atoms with Gasteiger partial charge in [0.05, 0.1) is 6.10 Å². The van der Waals surface area contributed by atoms with Crippen LogP contribution in [-0.4, -0.2) is 11.7 Å². The Bertz CT molecular complexity index is 572. The highest BCUT2D eigenvalue weighted by Gasteiger charge is 2.27. The summed E-state index contributed by atoms with van der Waals surface area (Å²) in [4.78, 5) is 2.09. The summed E-state index contributed by atoms with van der Waals surface area (Å²) in [7, 11) is 0. The molecule has 3 N–H and O–H groups in total. The summed E-state index contributed by atoms with van der Waals surface area (Å²) in [5.74, 6) is -0.311. The standard InChI is InChI=1S/C15H17Cl2NOS/c1-8-6-13(20-9(8)2)15(19)10(7-18)14-11(16)4-3-5-12(14)17/h3-6,10,15,19H,7,18H2,1-2H3. The molecule has 0 aliphatic heterocycles. The van der Waals surface area contributed by atoms with Crippen molar-refractivity contribution >= 4 is 34.5 Å². The zero-order valence-corrected chi connectivity index (χ0v) is 13.7. The molecule has 2 rings (SSSR count). The Morgan fingerprint density at radius 1 is 1.25 bits per heavy atom. The van der Waals surface area contributed by atoms with E-state index in [4.69, 9.17) is 28.9 Å². The Kier molecular flexibility index (Phi) is 5.10. The number of hydrogen-bond acceptors (Lipinski definition) is 3. The van der Waals surface area contributed by atoms with E-state index in [1.54, 1.807) is 29.5 Å². The number of aliphatic hydroxyl groups excluding tert-OH is 1. The molecule has 0 saturated carbocycles. The lowest BCUT2D eigenvalue weighted by atomic mass is 9.92. The summed E-state index contributed by atoms with van der Waals surface area (Å²) in [5, 5.41) is 11.7. The van der Waals surface area contributed by atoms with Crippen LogP contribution in [0.5, 0.6) is 0 Å². The zero-order chi connectivity index (χ0) is 14.9. The summed E-state index contributed by atoms with van der Waals surface area (Å²) < 4.78 is 0. The summed E-state index contributed by atoms with van der Waals surface area (Å²) in [6, 6.07) is 7.32. The summed E-state index contributed by atoms with van der Waals surface area (Å²) in [6.07, 6.45) is -0.699. The van der Waals surface area contributed by atoms with E-state index in [0.29, 0.717) is 10.0 Å². The van der Waals surface area contributed by atoms with Gasteiger partial charge in [-0.05, 0) is 43.2 Å². The fourth-order valence-electron chi connectivity index (χ4n) is 2.22. The zero-order valence-electron chi connectivity index (χ0n) is 11.4. The first-order valence-electron chi connectivity index (χ1n) is 6.34. The normalized spacial score (nSPS) is 14.3. The number of thiophene rings is 1. The van der Waals surface area contributed by atoms with Crippen LogP contribution in [0.1, 0.15) is 32.9 Å². The molecule has 0 bridgehead atoms. The molecular formula is C15H17Cl2NOS. The van der Waals surface area contributed by atoms with Crippen molar-refractivity contribution in [2.75, 3.05) is 6.54 Å². The Morgan fingerprint density at radius 3 is 2.30 bits per heavy atom. The molecule has 1 heterocycles. The Labute approximate surface area is 133 Å². The van der Waals surface area contributed by atoms with Crippen molar-refractivity contribution in [1.82, 2.24) is 0 Å². The van der Waals surface area contributed by atoms with E-state index in [-0.39, 0.29) is 12.5 Å². The maximum Gasteiger partial charge on any atom is 0.0963 e. The minimum absolute atomic E-state index is 0.278. The van der Waals surface area contributed by atoms with Crippen molar-refractivity contribution in [3.8, 4) is 0 Å². The number of aliphatic hydroxyl groups is 1. The first kappa shape index (κ1) is 15.8. The third kappa shape index (κ3) is 3.02. The van der Waals surface area contributed by atoms with Crippen LogP contribution in [-0.2, 0) is 0 Å². The van der Waals surface area contributed by atoms with E-state index in [1.807, 2.05) is 19.9 Å². The molecule has 2 aromatic rings. The second-order valence-electron chi connectivity index (χ2n) is 4.81. The molecule has 0 spiro atoms. The van der Waals surface area contributed by atoms with Crippen molar-refractivity contribution in [3.05, 3.63) is 55.2 Å². The van der Waals surface area contributed by atoms with Gasteiger partial charge in [0.2, 0.25) is 0 Å². The minimum Gasteiger partial charge on any atom is -0.387 e. The summed E-state index contributed by atoms with van der Waals surface area (Å²) in [5.41, 5.74) is 7.74. The van der Waals surface area contributed by atoms with Crippen LogP contribution in [0.2, 0.25) is 10.0 Å². The average Bonchev–Trinajstić information content (AvgIpc) is 2.73. The molecule has 5 heteroatoms. The molecule has 0 aliphatic carbocycles. The van der Waals surface area contributed by atoms with E-state index in [0.717, 1.165) is 10.4 Å². The second kappa shape index (κ2) is 6.46.